The molecule has 0 radical (unpaired) electrons. The minimum atomic E-state index is -0.430. The SMILES string of the molecule is CC(C)(C)c1ccc(-c2cc3c(c4oc5ccc(-c6ccccc6)cc5c24)B2c4c(cc(-n5c6ccccc6c6ccccc65)cc4N(c4ccccc4)c4cc(-c5ccc(C(C)(C)C)cc5)c5c(oc6ccc(-c7ccccc7)cc65)c42)N3c2ccccc2)cc1. The molecule has 5 nitrogen and oxygen atoms in total. The van der Waals surface area contributed by atoms with Crippen LogP contribution >= 0.6 is 0 Å². The molecule has 0 amide bonds. The second-order valence-corrected chi connectivity index (χ2v) is 27.2. The van der Waals surface area contributed by atoms with Crippen LogP contribution in [-0.2, 0) is 10.8 Å². The van der Waals surface area contributed by atoms with Gasteiger partial charge in [-0.25, -0.2) is 0 Å². The van der Waals surface area contributed by atoms with Gasteiger partial charge in [-0.05, 0) is 168 Å². The number of rotatable bonds is 7. The lowest BCUT2D eigenvalue weighted by molar-refractivity contribution is 0.590. The molecule has 5 heterocycles. The minimum absolute atomic E-state index is 0.0426. The Morgan fingerprint density at radius 3 is 1.05 bits per heavy atom. The number of benzene rings is 13. The van der Waals surface area contributed by atoms with E-state index in [9.17, 15) is 0 Å². The second kappa shape index (κ2) is 20.2. The Morgan fingerprint density at radius 2 is 0.652 bits per heavy atom. The lowest BCUT2D eigenvalue weighted by Crippen LogP contribution is -2.61. The Balaban J connectivity index is 1.04. The molecule has 13 aromatic carbocycles. The van der Waals surface area contributed by atoms with Gasteiger partial charge in [-0.1, -0.05) is 236 Å². The molecule has 16 aromatic rings. The second-order valence-electron chi connectivity index (χ2n) is 27.2. The van der Waals surface area contributed by atoms with Crippen LogP contribution in [0.1, 0.15) is 52.7 Å². The molecule has 0 spiro atoms. The van der Waals surface area contributed by atoms with E-state index < -0.39 is 6.71 Å². The van der Waals surface area contributed by atoms with Crippen molar-refractivity contribution >= 4 is 123 Å². The predicted molar refractivity (Wildman–Crippen MR) is 389 cm³/mol. The number of hydrogen-bond donors (Lipinski definition) is 0. The average Bonchev–Trinajstić information content (AvgIpc) is 1.15. The summed E-state index contributed by atoms with van der Waals surface area (Å²) in [7, 11) is 0. The summed E-state index contributed by atoms with van der Waals surface area (Å²) < 4.78 is 18.0. The summed E-state index contributed by atoms with van der Waals surface area (Å²) in [5.41, 5.74) is 27.8. The van der Waals surface area contributed by atoms with E-state index >= 15 is 0 Å². The molecule has 3 aromatic heterocycles. The van der Waals surface area contributed by atoms with Crippen LogP contribution in [0.25, 0.3) is 116 Å². The molecule has 0 N–H and O–H groups in total. The zero-order chi connectivity index (χ0) is 61.7. The zero-order valence-corrected chi connectivity index (χ0v) is 52.3. The fourth-order valence-electron chi connectivity index (χ4n) is 15.2. The number of furan rings is 2. The van der Waals surface area contributed by atoms with Gasteiger partial charge in [0.2, 0.25) is 0 Å². The Labute approximate surface area is 535 Å². The Hall–Kier alpha value is -11.1. The van der Waals surface area contributed by atoms with E-state index in [0.717, 1.165) is 156 Å². The summed E-state index contributed by atoms with van der Waals surface area (Å²) in [6, 6.07) is 103. The summed E-state index contributed by atoms with van der Waals surface area (Å²) in [6.45, 7) is 13.3. The number of hydrogen-bond acceptors (Lipinski definition) is 4. The van der Waals surface area contributed by atoms with Crippen LogP contribution in [0, 0.1) is 0 Å². The summed E-state index contributed by atoms with van der Waals surface area (Å²) in [5.74, 6) is 0. The summed E-state index contributed by atoms with van der Waals surface area (Å²) in [4.78, 5) is 5.08. The first-order valence-corrected chi connectivity index (χ1v) is 32.2. The van der Waals surface area contributed by atoms with Gasteiger partial charge >= 0.3 is 0 Å². The largest absolute Gasteiger partial charge is 0.456 e. The molecule has 2 aliphatic heterocycles. The molecule has 0 atom stereocenters. The summed E-state index contributed by atoms with van der Waals surface area (Å²) in [5, 5.41) is 6.70. The van der Waals surface area contributed by atoms with Crippen molar-refractivity contribution in [3.05, 3.63) is 290 Å². The van der Waals surface area contributed by atoms with Crippen molar-refractivity contribution in [2.75, 3.05) is 9.80 Å². The van der Waals surface area contributed by atoms with E-state index in [1.807, 2.05) is 0 Å². The maximum absolute atomic E-state index is 7.78. The highest BCUT2D eigenvalue weighted by molar-refractivity contribution is 7.03. The number of nitrogens with zero attached hydrogens (tertiary/aromatic N) is 3. The first-order chi connectivity index (χ1) is 44.9. The minimum Gasteiger partial charge on any atom is -0.456 e. The fourth-order valence-corrected chi connectivity index (χ4v) is 15.2. The molecule has 0 unspecified atom stereocenters. The topological polar surface area (TPSA) is 37.7 Å². The van der Waals surface area contributed by atoms with Crippen molar-refractivity contribution in [2.45, 2.75) is 52.4 Å². The molecule has 0 saturated carbocycles. The summed E-state index contributed by atoms with van der Waals surface area (Å²) >= 11 is 0. The normalized spacial score (nSPS) is 13.0. The number of fused-ring (bicyclic) bond motifs is 15. The smallest absolute Gasteiger partial charge is 0.261 e. The summed E-state index contributed by atoms with van der Waals surface area (Å²) in [6.07, 6.45) is 0. The lowest BCUT2D eigenvalue weighted by Gasteiger charge is -2.44. The maximum Gasteiger partial charge on any atom is 0.261 e. The van der Waals surface area contributed by atoms with Gasteiger partial charge in [0.05, 0.1) is 16.7 Å². The van der Waals surface area contributed by atoms with E-state index in [-0.39, 0.29) is 10.8 Å². The van der Waals surface area contributed by atoms with Gasteiger partial charge in [-0.2, -0.15) is 0 Å². The van der Waals surface area contributed by atoms with Crippen LogP contribution in [0.4, 0.5) is 34.1 Å². The lowest BCUT2D eigenvalue weighted by atomic mass is 9.33. The van der Waals surface area contributed by atoms with Crippen LogP contribution < -0.4 is 26.2 Å². The first kappa shape index (κ1) is 53.9. The highest BCUT2D eigenvalue weighted by Crippen LogP contribution is 2.53. The van der Waals surface area contributed by atoms with E-state index in [2.05, 4.69) is 335 Å². The van der Waals surface area contributed by atoms with Crippen molar-refractivity contribution in [3.8, 4) is 50.2 Å². The van der Waals surface area contributed by atoms with E-state index in [4.69, 9.17) is 8.83 Å². The molecule has 0 fully saturated rings. The van der Waals surface area contributed by atoms with Crippen molar-refractivity contribution < 1.29 is 8.83 Å². The number of para-hydroxylation sites is 4. The van der Waals surface area contributed by atoms with Crippen molar-refractivity contribution in [1.82, 2.24) is 4.57 Å². The first-order valence-electron chi connectivity index (χ1n) is 32.2. The molecule has 438 valence electrons. The standard InChI is InChI=1S/C86H64BN3O2/c1-85(2,3)59-41-35-55(36-42-59)66-51-74-81(83-78(66)68-47-57(39-45-76(68)91-83)53-23-11-7-12-24-53)87-80-72(88(74)61-27-15-9-16-28-61)49-63(90-70-33-21-19-31-64(70)65-32-20-22-34-71(65)90)50-73(80)89(62-29-17-10-18-30-62)75-52-67(56-37-43-60(44-38-56)86(4,5)6)79-69-48-58(54-25-13-8-14-26-54)40-46-77(69)92-84(79)82(75)87/h7-52H,1-6H3. The average molecular weight is 1180 g/mol. The highest BCUT2D eigenvalue weighted by Gasteiger charge is 2.48. The Morgan fingerprint density at radius 1 is 0.293 bits per heavy atom. The third-order valence-corrected chi connectivity index (χ3v) is 19.7. The number of anilines is 6. The highest BCUT2D eigenvalue weighted by atomic mass is 16.3. The van der Waals surface area contributed by atoms with Gasteiger partial charge in [-0.15, -0.1) is 0 Å². The van der Waals surface area contributed by atoms with Gasteiger partial charge in [0.15, 0.2) is 0 Å². The monoisotopic (exact) mass is 1180 g/mol. The number of aromatic nitrogens is 1. The maximum atomic E-state index is 7.78. The molecule has 92 heavy (non-hydrogen) atoms. The molecule has 0 saturated heterocycles. The molecular weight excluding hydrogens is 1120 g/mol. The van der Waals surface area contributed by atoms with Crippen LogP contribution in [0.2, 0.25) is 0 Å². The Kier molecular flexibility index (Phi) is 11.8. The quantitative estimate of drug-likeness (QED) is 0.149. The van der Waals surface area contributed by atoms with E-state index in [0.29, 0.717) is 0 Å². The molecule has 2 aliphatic rings. The van der Waals surface area contributed by atoms with E-state index in [1.54, 1.807) is 0 Å². The van der Waals surface area contributed by atoms with Gasteiger partial charge in [-0.3, -0.25) is 0 Å². The third-order valence-electron chi connectivity index (χ3n) is 19.7. The molecule has 18 rings (SSSR count). The molecular formula is C86H64BN3O2. The van der Waals surface area contributed by atoms with Crippen LogP contribution in [0.15, 0.2) is 288 Å². The fraction of sp³-hybridized carbons (Fsp3) is 0.0930. The van der Waals surface area contributed by atoms with Gasteiger partial charge in [0.25, 0.3) is 6.71 Å². The van der Waals surface area contributed by atoms with Crippen molar-refractivity contribution in [1.29, 1.82) is 0 Å². The van der Waals surface area contributed by atoms with E-state index in [1.165, 1.54) is 21.9 Å². The molecule has 0 bridgehead atoms. The molecule has 6 heteroatoms. The van der Waals surface area contributed by atoms with Crippen molar-refractivity contribution in [2.24, 2.45) is 0 Å². The zero-order valence-electron chi connectivity index (χ0n) is 52.3. The van der Waals surface area contributed by atoms with Crippen molar-refractivity contribution in [3.63, 3.8) is 0 Å². The van der Waals surface area contributed by atoms with Crippen LogP contribution in [0.3, 0.4) is 0 Å². The van der Waals surface area contributed by atoms with Gasteiger partial charge in [0, 0.05) is 66.4 Å². The molecule has 0 aliphatic carbocycles. The van der Waals surface area contributed by atoms with Crippen LogP contribution in [0.5, 0.6) is 0 Å². The van der Waals surface area contributed by atoms with Gasteiger partial charge in [0.1, 0.15) is 22.3 Å². The van der Waals surface area contributed by atoms with Gasteiger partial charge < -0.3 is 23.2 Å². The van der Waals surface area contributed by atoms with Crippen LogP contribution in [-0.4, -0.2) is 11.3 Å². The third kappa shape index (κ3) is 8.26. The predicted octanol–water partition coefficient (Wildman–Crippen LogP) is 21.9. The Bertz CT molecular complexity index is 5290.